The normalized spacial score (nSPS) is 10.4. The predicted octanol–water partition coefficient (Wildman–Crippen LogP) is 4.11. The average molecular weight is 309 g/mol. The fourth-order valence-corrected chi connectivity index (χ4v) is 2.02. The van der Waals surface area contributed by atoms with Gasteiger partial charge in [-0.05, 0) is 49.2 Å². The molecule has 0 N–H and O–H groups in total. The van der Waals surface area contributed by atoms with Crippen molar-refractivity contribution in [2.24, 2.45) is 0 Å². The van der Waals surface area contributed by atoms with Gasteiger partial charge in [-0.15, -0.1) is 0 Å². The maximum atomic E-state index is 11.3. The lowest BCUT2D eigenvalue weighted by Crippen LogP contribution is -1.98. The SMILES string of the molecule is COC(=O)c1ccc(-c2cc(C)c(Br)c(C)c2)o1. The van der Waals surface area contributed by atoms with Crippen LogP contribution in [-0.4, -0.2) is 13.1 Å². The monoisotopic (exact) mass is 308 g/mol. The summed E-state index contributed by atoms with van der Waals surface area (Å²) in [5.41, 5.74) is 3.20. The molecule has 1 aromatic heterocycles. The zero-order valence-corrected chi connectivity index (χ0v) is 12.0. The molecule has 0 saturated heterocycles. The number of methoxy groups -OCH3 is 1. The van der Waals surface area contributed by atoms with Crippen LogP contribution in [0.4, 0.5) is 0 Å². The van der Waals surface area contributed by atoms with Crippen molar-refractivity contribution in [3.8, 4) is 11.3 Å². The topological polar surface area (TPSA) is 39.4 Å². The first kappa shape index (κ1) is 12.9. The second-order valence-electron chi connectivity index (χ2n) is 4.08. The van der Waals surface area contributed by atoms with E-state index in [0.29, 0.717) is 5.76 Å². The van der Waals surface area contributed by atoms with Crippen molar-refractivity contribution >= 4 is 21.9 Å². The lowest BCUT2D eigenvalue weighted by molar-refractivity contribution is 0.0566. The van der Waals surface area contributed by atoms with Gasteiger partial charge >= 0.3 is 5.97 Å². The Morgan fingerprint density at radius 3 is 2.39 bits per heavy atom. The van der Waals surface area contributed by atoms with Gasteiger partial charge in [-0.1, -0.05) is 15.9 Å². The number of carbonyl (C=O) groups is 1. The van der Waals surface area contributed by atoms with Crippen LogP contribution in [0.25, 0.3) is 11.3 Å². The quantitative estimate of drug-likeness (QED) is 0.784. The minimum Gasteiger partial charge on any atom is -0.463 e. The standard InChI is InChI=1S/C14H13BrO3/c1-8-6-10(7-9(2)13(8)15)11-4-5-12(18-11)14(16)17-3/h4-7H,1-3H3. The summed E-state index contributed by atoms with van der Waals surface area (Å²) >= 11 is 3.52. The van der Waals surface area contributed by atoms with Crippen molar-refractivity contribution in [2.45, 2.75) is 13.8 Å². The van der Waals surface area contributed by atoms with Crippen LogP contribution in [0.3, 0.4) is 0 Å². The van der Waals surface area contributed by atoms with Gasteiger partial charge in [0, 0.05) is 10.0 Å². The van der Waals surface area contributed by atoms with E-state index in [1.165, 1.54) is 7.11 Å². The number of aryl methyl sites for hydroxylation is 2. The number of esters is 1. The molecule has 0 saturated carbocycles. The molecule has 94 valence electrons. The highest BCUT2D eigenvalue weighted by molar-refractivity contribution is 9.10. The first-order valence-electron chi connectivity index (χ1n) is 5.48. The van der Waals surface area contributed by atoms with Crippen LogP contribution in [0.5, 0.6) is 0 Å². The molecule has 2 aromatic rings. The number of hydrogen-bond acceptors (Lipinski definition) is 3. The maximum Gasteiger partial charge on any atom is 0.373 e. The summed E-state index contributed by atoms with van der Waals surface area (Å²) in [7, 11) is 1.33. The zero-order chi connectivity index (χ0) is 13.3. The number of furan rings is 1. The first-order valence-corrected chi connectivity index (χ1v) is 6.27. The van der Waals surface area contributed by atoms with E-state index >= 15 is 0 Å². The van der Waals surface area contributed by atoms with Gasteiger partial charge in [0.25, 0.3) is 0 Å². The lowest BCUT2D eigenvalue weighted by Gasteiger charge is -2.05. The fourth-order valence-electron chi connectivity index (χ4n) is 1.79. The van der Waals surface area contributed by atoms with Crippen LogP contribution < -0.4 is 0 Å². The Bertz CT molecular complexity index is 576. The molecule has 2 rings (SSSR count). The molecule has 0 unspecified atom stereocenters. The molecule has 3 nitrogen and oxygen atoms in total. The summed E-state index contributed by atoms with van der Waals surface area (Å²) in [6.07, 6.45) is 0. The average Bonchev–Trinajstić information content (AvgIpc) is 2.84. The molecule has 1 heterocycles. The molecular formula is C14H13BrO3. The smallest absolute Gasteiger partial charge is 0.373 e. The van der Waals surface area contributed by atoms with Crippen LogP contribution in [0.1, 0.15) is 21.7 Å². The van der Waals surface area contributed by atoms with E-state index < -0.39 is 5.97 Å². The molecule has 0 aliphatic rings. The van der Waals surface area contributed by atoms with Crippen LogP contribution in [0, 0.1) is 13.8 Å². The van der Waals surface area contributed by atoms with E-state index in [1.807, 2.05) is 26.0 Å². The minimum absolute atomic E-state index is 0.214. The van der Waals surface area contributed by atoms with Gasteiger partial charge in [0.2, 0.25) is 5.76 Å². The second kappa shape index (κ2) is 4.98. The Morgan fingerprint density at radius 2 is 1.83 bits per heavy atom. The molecule has 0 bridgehead atoms. The van der Waals surface area contributed by atoms with Gasteiger partial charge in [0.1, 0.15) is 5.76 Å². The van der Waals surface area contributed by atoms with Gasteiger partial charge in [-0.25, -0.2) is 4.79 Å². The summed E-state index contributed by atoms with van der Waals surface area (Å²) < 4.78 is 11.2. The first-order chi connectivity index (χ1) is 8.52. The summed E-state index contributed by atoms with van der Waals surface area (Å²) in [5, 5.41) is 0. The Morgan fingerprint density at radius 1 is 1.22 bits per heavy atom. The van der Waals surface area contributed by atoms with Crippen LogP contribution in [0.2, 0.25) is 0 Å². The fraction of sp³-hybridized carbons (Fsp3) is 0.214. The Hall–Kier alpha value is -1.55. The van der Waals surface area contributed by atoms with Crippen molar-refractivity contribution in [3.63, 3.8) is 0 Å². The highest BCUT2D eigenvalue weighted by atomic mass is 79.9. The number of rotatable bonds is 2. The zero-order valence-electron chi connectivity index (χ0n) is 10.4. The van der Waals surface area contributed by atoms with Gasteiger partial charge < -0.3 is 9.15 Å². The van der Waals surface area contributed by atoms with Gasteiger partial charge in [-0.2, -0.15) is 0 Å². The molecule has 18 heavy (non-hydrogen) atoms. The third-order valence-corrected chi connectivity index (χ3v) is 3.96. The summed E-state index contributed by atoms with van der Waals surface area (Å²) in [5.74, 6) is 0.409. The highest BCUT2D eigenvalue weighted by Gasteiger charge is 2.13. The summed E-state index contributed by atoms with van der Waals surface area (Å²) in [6.45, 7) is 4.04. The van der Waals surface area contributed by atoms with Crippen LogP contribution >= 0.6 is 15.9 Å². The molecular weight excluding hydrogens is 296 g/mol. The van der Waals surface area contributed by atoms with E-state index in [-0.39, 0.29) is 5.76 Å². The third kappa shape index (κ3) is 2.34. The largest absolute Gasteiger partial charge is 0.463 e. The predicted molar refractivity (Wildman–Crippen MR) is 72.7 cm³/mol. The highest BCUT2D eigenvalue weighted by Crippen LogP contribution is 2.29. The van der Waals surface area contributed by atoms with Crippen LogP contribution in [-0.2, 0) is 4.74 Å². The molecule has 0 fully saturated rings. The Balaban J connectivity index is 2.43. The maximum absolute atomic E-state index is 11.3. The van der Waals surface area contributed by atoms with E-state index in [2.05, 4.69) is 20.7 Å². The number of benzene rings is 1. The number of halogens is 1. The number of hydrogen-bond donors (Lipinski definition) is 0. The Labute approximate surface area is 114 Å². The molecule has 0 aliphatic heterocycles. The Kier molecular flexibility index (Phi) is 3.57. The van der Waals surface area contributed by atoms with Gasteiger partial charge in [0.15, 0.2) is 0 Å². The van der Waals surface area contributed by atoms with Gasteiger partial charge in [0.05, 0.1) is 7.11 Å². The van der Waals surface area contributed by atoms with Crippen LogP contribution in [0.15, 0.2) is 33.2 Å². The van der Waals surface area contributed by atoms with Crippen molar-refractivity contribution in [1.29, 1.82) is 0 Å². The van der Waals surface area contributed by atoms with Crippen molar-refractivity contribution < 1.29 is 13.9 Å². The minimum atomic E-state index is -0.466. The van der Waals surface area contributed by atoms with E-state index in [9.17, 15) is 4.79 Å². The summed E-state index contributed by atoms with van der Waals surface area (Å²) in [6, 6.07) is 7.41. The molecule has 1 aromatic carbocycles. The van der Waals surface area contributed by atoms with Gasteiger partial charge in [-0.3, -0.25) is 0 Å². The van der Waals surface area contributed by atoms with Crippen molar-refractivity contribution in [3.05, 3.63) is 45.6 Å². The molecule has 0 atom stereocenters. The van der Waals surface area contributed by atoms with E-state index in [1.54, 1.807) is 12.1 Å². The molecule has 4 heteroatoms. The molecule has 0 amide bonds. The van der Waals surface area contributed by atoms with E-state index in [0.717, 1.165) is 21.2 Å². The second-order valence-corrected chi connectivity index (χ2v) is 4.87. The summed E-state index contributed by atoms with van der Waals surface area (Å²) in [4.78, 5) is 11.3. The lowest BCUT2D eigenvalue weighted by atomic mass is 10.1. The number of carbonyl (C=O) groups excluding carboxylic acids is 1. The third-order valence-electron chi connectivity index (χ3n) is 2.71. The van der Waals surface area contributed by atoms with Crippen molar-refractivity contribution in [1.82, 2.24) is 0 Å². The van der Waals surface area contributed by atoms with E-state index in [4.69, 9.17) is 4.42 Å². The number of ether oxygens (including phenoxy) is 1. The molecule has 0 radical (unpaired) electrons. The van der Waals surface area contributed by atoms with Crippen molar-refractivity contribution in [2.75, 3.05) is 7.11 Å². The molecule has 0 spiro atoms. The molecule has 0 aliphatic carbocycles.